The van der Waals surface area contributed by atoms with E-state index in [4.69, 9.17) is 15.6 Å². The third-order valence-electron chi connectivity index (χ3n) is 1.39. The molecule has 15 heavy (non-hydrogen) atoms. The van der Waals surface area contributed by atoms with Crippen LogP contribution in [0.5, 0.6) is 11.8 Å². The molecule has 1 rings (SSSR count). The van der Waals surface area contributed by atoms with Crippen LogP contribution in [-0.4, -0.2) is 33.9 Å². The number of nitrogens with zero attached hydrogens (tertiary/aromatic N) is 2. The van der Waals surface area contributed by atoms with Gasteiger partial charge in [0.15, 0.2) is 5.75 Å². The zero-order valence-corrected chi connectivity index (χ0v) is 8.08. The maximum Gasteiger partial charge on any atom is 0.410 e. The number of hydrogen-bond donors (Lipinski definition) is 2. The lowest BCUT2D eigenvalue weighted by Crippen LogP contribution is -2.18. The van der Waals surface area contributed by atoms with Crippen LogP contribution < -0.4 is 15.2 Å². The largest absolute Gasteiger partial charge is 0.458 e. The van der Waals surface area contributed by atoms with E-state index in [1.54, 1.807) is 6.92 Å². The summed E-state index contributed by atoms with van der Waals surface area (Å²) in [5, 5.41) is 8.70. The first kappa shape index (κ1) is 11.2. The first-order chi connectivity index (χ1) is 7.11. The summed E-state index contributed by atoms with van der Waals surface area (Å²) in [7, 11) is 0. The van der Waals surface area contributed by atoms with E-state index in [-0.39, 0.29) is 18.4 Å². The quantitative estimate of drug-likeness (QED) is 0.710. The van der Waals surface area contributed by atoms with Gasteiger partial charge in [0.25, 0.3) is 0 Å². The lowest BCUT2D eigenvalue weighted by molar-refractivity contribution is 0.120. The number of amides is 1. The Morgan fingerprint density at radius 3 is 2.67 bits per heavy atom. The average Bonchev–Trinajstić information content (AvgIpc) is 2.20. The van der Waals surface area contributed by atoms with Crippen LogP contribution in [-0.2, 0) is 0 Å². The highest BCUT2D eigenvalue weighted by Gasteiger charge is 2.05. The fourth-order valence-corrected chi connectivity index (χ4v) is 0.751. The summed E-state index contributed by atoms with van der Waals surface area (Å²) in [6.45, 7) is 1.53. The molecule has 0 aromatic carbocycles. The number of hydrogen-bond acceptors (Lipinski definition) is 6. The minimum absolute atomic E-state index is 0.0911. The number of aromatic nitrogens is 2. The van der Waals surface area contributed by atoms with Gasteiger partial charge in [-0.2, -0.15) is 9.97 Å². The molecule has 0 fully saturated rings. The SMILES string of the molecule is C[C@@H](CO)Oc1ncc(OC(N)=O)cn1. The summed E-state index contributed by atoms with van der Waals surface area (Å²) in [6.07, 6.45) is 1.16. The van der Waals surface area contributed by atoms with Gasteiger partial charge in [-0.3, -0.25) is 0 Å². The second-order valence-electron chi connectivity index (χ2n) is 2.73. The Morgan fingerprint density at radius 1 is 1.60 bits per heavy atom. The Morgan fingerprint density at radius 2 is 2.20 bits per heavy atom. The predicted molar refractivity (Wildman–Crippen MR) is 49.4 cm³/mol. The second-order valence-corrected chi connectivity index (χ2v) is 2.73. The van der Waals surface area contributed by atoms with Crippen molar-refractivity contribution in [3.63, 3.8) is 0 Å². The number of carbonyl (C=O) groups excluding carboxylic acids is 1. The van der Waals surface area contributed by atoms with Gasteiger partial charge in [-0.05, 0) is 6.92 Å². The molecule has 0 saturated carbocycles. The molecule has 0 radical (unpaired) electrons. The molecule has 1 aromatic heterocycles. The normalized spacial score (nSPS) is 11.9. The first-order valence-corrected chi connectivity index (χ1v) is 4.18. The first-order valence-electron chi connectivity index (χ1n) is 4.18. The molecule has 1 heterocycles. The Bertz CT molecular complexity index is 327. The molecule has 0 unspecified atom stereocenters. The molecule has 1 amide bonds. The molecule has 0 saturated heterocycles. The minimum Gasteiger partial charge on any atom is -0.458 e. The summed E-state index contributed by atoms with van der Waals surface area (Å²) in [5.74, 6) is 0.131. The van der Waals surface area contributed by atoms with E-state index in [1.807, 2.05) is 0 Å². The molecule has 1 atom stereocenters. The van der Waals surface area contributed by atoms with Crippen molar-refractivity contribution in [1.29, 1.82) is 0 Å². The summed E-state index contributed by atoms with van der Waals surface area (Å²) in [6, 6.07) is 0.0911. The molecule has 3 N–H and O–H groups in total. The van der Waals surface area contributed by atoms with Gasteiger partial charge in [0.2, 0.25) is 0 Å². The molecule has 82 valence electrons. The van der Waals surface area contributed by atoms with Crippen LogP contribution in [0.1, 0.15) is 6.92 Å². The number of aliphatic hydroxyl groups excluding tert-OH is 1. The maximum atomic E-state index is 10.4. The Labute approximate surface area is 85.9 Å². The van der Waals surface area contributed by atoms with Crippen LogP contribution in [0.4, 0.5) is 4.79 Å². The topological polar surface area (TPSA) is 108 Å². The van der Waals surface area contributed by atoms with E-state index in [0.717, 1.165) is 0 Å². The molecule has 1 aromatic rings. The minimum atomic E-state index is -0.934. The zero-order valence-electron chi connectivity index (χ0n) is 8.08. The van der Waals surface area contributed by atoms with Crippen molar-refractivity contribution in [3.05, 3.63) is 12.4 Å². The fourth-order valence-electron chi connectivity index (χ4n) is 0.751. The highest BCUT2D eigenvalue weighted by Crippen LogP contribution is 2.10. The monoisotopic (exact) mass is 213 g/mol. The molecule has 7 heteroatoms. The van der Waals surface area contributed by atoms with Crippen LogP contribution >= 0.6 is 0 Å². The van der Waals surface area contributed by atoms with Gasteiger partial charge in [-0.15, -0.1) is 0 Å². The van der Waals surface area contributed by atoms with Crippen molar-refractivity contribution < 1.29 is 19.4 Å². The van der Waals surface area contributed by atoms with Gasteiger partial charge >= 0.3 is 12.1 Å². The van der Waals surface area contributed by atoms with Gasteiger partial charge in [-0.1, -0.05) is 0 Å². The van der Waals surface area contributed by atoms with Gasteiger partial charge in [0.1, 0.15) is 6.10 Å². The van der Waals surface area contributed by atoms with E-state index >= 15 is 0 Å². The lowest BCUT2D eigenvalue weighted by Gasteiger charge is -2.09. The van der Waals surface area contributed by atoms with Crippen LogP contribution in [0.3, 0.4) is 0 Å². The number of aliphatic hydroxyl groups is 1. The third kappa shape index (κ3) is 3.77. The van der Waals surface area contributed by atoms with E-state index < -0.39 is 12.2 Å². The van der Waals surface area contributed by atoms with E-state index in [2.05, 4.69) is 14.7 Å². The molecule has 0 bridgehead atoms. The summed E-state index contributed by atoms with van der Waals surface area (Å²) in [5.41, 5.74) is 4.78. The Balaban J connectivity index is 2.60. The van der Waals surface area contributed by atoms with Crippen molar-refractivity contribution in [2.75, 3.05) is 6.61 Å². The Hall–Kier alpha value is -1.89. The van der Waals surface area contributed by atoms with E-state index in [1.165, 1.54) is 12.4 Å². The third-order valence-corrected chi connectivity index (χ3v) is 1.39. The van der Waals surface area contributed by atoms with Crippen molar-refractivity contribution in [1.82, 2.24) is 9.97 Å². The highest BCUT2D eigenvalue weighted by molar-refractivity contribution is 5.67. The zero-order chi connectivity index (χ0) is 11.3. The smallest absolute Gasteiger partial charge is 0.410 e. The fraction of sp³-hybridized carbons (Fsp3) is 0.375. The molecule has 0 spiro atoms. The maximum absolute atomic E-state index is 10.4. The van der Waals surface area contributed by atoms with E-state index in [0.29, 0.717) is 0 Å². The van der Waals surface area contributed by atoms with Crippen molar-refractivity contribution >= 4 is 6.09 Å². The number of rotatable bonds is 4. The molecule has 0 aliphatic rings. The Kier molecular flexibility index (Phi) is 3.81. The van der Waals surface area contributed by atoms with Gasteiger partial charge < -0.3 is 20.3 Å². The molecular weight excluding hydrogens is 202 g/mol. The summed E-state index contributed by atoms with van der Waals surface area (Å²) in [4.78, 5) is 17.8. The second kappa shape index (κ2) is 5.11. The van der Waals surface area contributed by atoms with Crippen LogP contribution in [0.25, 0.3) is 0 Å². The summed E-state index contributed by atoms with van der Waals surface area (Å²) >= 11 is 0. The number of ether oxygens (including phenoxy) is 2. The molecule has 0 aliphatic carbocycles. The number of primary amides is 1. The average molecular weight is 213 g/mol. The number of carbonyl (C=O) groups is 1. The number of nitrogens with two attached hydrogens (primary N) is 1. The van der Waals surface area contributed by atoms with Gasteiger partial charge in [0, 0.05) is 0 Å². The van der Waals surface area contributed by atoms with Crippen LogP contribution in [0.15, 0.2) is 12.4 Å². The molecule has 7 nitrogen and oxygen atoms in total. The van der Waals surface area contributed by atoms with Crippen LogP contribution in [0, 0.1) is 0 Å². The van der Waals surface area contributed by atoms with E-state index in [9.17, 15) is 4.79 Å². The predicted octanol–water partition coefficient (Wildman–Crippen LogP) is -0.306. The molecular formula is C8H11N3O4. The van der Waals surface area contributed by atoms with Gasteiger partial charge in [-0.25, -0.2) is 4.79 Å². The van der Waals surface area contributed by atoms with Crippen LogP contribution in [0.2, 0.25) is 0 Å². The highest BCUT2D eigenvalue weighted by atomic mass is 16.5. The lowest BCUT2D eigenvalue weighted by atomic mass is 10.4. The van der Waals surface area contributed by atoms with Crippen molar-refractivity contribution in [2.45, 2.75) is 13.0 Å². The van der Waals surface area contributed by atoms with Crippen molar-refractivity contribution in [3.8, 4) is 11.8 Å². The summed E-state index contributed by atoms with van der Waals surface area (Å²) < 4.78 is 9.59. The van der Waals surface area contributed by atoms with Gasteiger partial charge in [0.05, 0.1) is 19.0 Å². The van der Waals surface area contributed by atoms with Crippen molar-refractivity contribution in [2.24, 2.45) is 5.73 Å². The standard InChI is InChI=1S/C8H11N3O4/c1-5(4-12)14-8-10-2-6(3-11-8)15-7(9)13/h2-3,5,12H,4H2,1H3,(H2,9,13)/t5-/m0/s1. The molecule has 0 aliphatic heterocycles.